The van der Waals surface area contributed by atoms with Crippen LogP contribution in [-0.2, 0) is 10.0 Å². The van der Waals surface area contributed by atoms with E-state index >= 15 is 0 Å². The fourth-order valence-electron chi connectivity index (χ4n) is 3.47. The zero-order chi connectivity index (χ0) is 24.5. The highest BCUT2D eigenvalue weighted by molar-refractivity contribution is 7.92. The highest BCUT2D eigenvalue weighted by atomic mass is 35.5. The molecule has 3 aromatic rings. The van der Waals surface area contributed by atoms with Crippen LogP contribution in [0.3, 0.4) is 0 Å². The summed E-state index contributed by atoms with van der Waals surface area (Å²) in [5, 5.41) is 21.2. The third-order valence-electron chi connectivity index (χ3n) is 5.09. The summed E-state index contributed by atoms with van der Waals surface area (Å²) in [7, 11) is -4.16. The zero-order valence-corrected chi connectivity index (χ0v) is 19.0. The number of nitrogens with zero attached hydrogens (tertiary/aromatic N) is 2. The normalized spacial score (nSPS) is 15.1. The second-order valence-electron chi connectivity index (χ2n) is 7.33. The van der Waals surface area contributed by atoms with Crippen LogP contribution in [0.15, 0.2) is 65.6 Å². The van der Waals surface area contributed by atoms with Crippen LogP contribution in [0.25, 0.3) is 0 Å². The number of halogens is 2. The van der Waals surface area contributed by atoms with Gasteiger partial charge in [0.25, 0.3) is 15.9 Å². The van der Waals surface area contributed by atoms with E-state index in [1.54, 1.807) is 0 Å². The number of anilines is 2. The first-order valence-electron chi connectivity index (χ1n) is 9.94. The molecular weight excluding hydrogens is 485 g/mol. The molecule has 0 aliphatic carbocycles. The lowest BCUT2D eigenvalue weighted by molar-refractivity contribution is 0.102. The van der Waals surface area contributed by atoms with Gasteiger partial charge in [0.05, 0.1) is 46.0 Å². The molecule has 4 rings (SSSR count). The maximum Gasteiger partial charge on any atom is 0.264 e. The monoisotopic (exact) mass is 501 g/mol. The van der Waals surface area contributed by atoms with E-state index in [1.807, 2.05) is 6.07 Å². The second-order valence-corrected chi connectivity index (χ2v) is 9.60. The number of nitrogens with one attached hydrogen (secondary N) is 1. The van der Waals surface area contributed by atoms with Gasteiger partial charge in [0, 0.05) is 5.69 Å². The van der Waals surface area contributed by atoms with Gasteiger partial charge in [0.15, 0.2) is 0 Å². The number of rotatable bonds is 5. The smallest absolute Gasteiger partial charge is 0.264 e. The molecule has 2 N–H and O–H groups in total. The molecule has 34 heavy (non-hydrogen) atoms. The molecule has 3 aromatic carbocycles. The van der Waals surface area contributed by atoms with E-state index in [9.17, 15) is 22.7 Å². The number of carbonyl (C=O) groups excluding carboxylic acids is 1. The topological polar surface area (TPSA) is 120 Å². The van der Waals surface area contributed by atoms with Gasteiger partial charge in [-0.2, -0.15) is 5.26 Å². The van der Waals surface area contributed by atoms with E-state index in [4.69, 9.17) is 21.6 Å². The third kappa shape index (κ3) is 4.41. The molecule has 0 aromatic heterocycles. The minimum Gasteiger partial charge on any atom is -0.484 e. The van der Waals surface area contributed by atoms with Gasteiger partial charge in [-0.1, -0.05) is 23.7 Å². The van der Waals surface area contributed by atoms with Crippen molar-refractivity contribution in [1.82, 2.24) is 0 Å². The number of carbonyl (C=O) groups is 1. The van der Waals surface area contributed by atoms with Gasteiger partial charge in [0.1, 0.15) is 17.7 Å². The lowest BCUT2D eigenvalue weighted by atomic mass is 10.1. The van der Waals surface area contributed by atoms with Crippen LogP contribution in [-0.4, -0.2) is 38.7 Å². The SMILES string of the molecule is N#Cc1cccc(S(=O)(=O)N2C[C@@H](CO)Oc3ccc(NC(=O)c4c(F)cccc4Cl)cc32)c1. The number of benzene rings is 3. The summed E-state index contributed by atoms with van der Waals surface area (Å²) in [6.07, 6.45) is -0.834. The molecule has 1 heterocycles. The Balaban J connectivity index is 1.74. The van der Waals surface area contributed by atoms with Crippen molar-refractivity contribution >= 4 is 38.9 Å². The highest BCUT2D eigenvalue weighted by Gasteiger charge is 2.35. The molecule has 1 atom stereocenters. The Labute approximate surface area is 199 Å². The van der Waals surface area contributed by atoms with Crippen LogP contribution < -0.4 is 14.4 Å². The fraction of sp³-hybridized carbons (Fsp3) is 0.130. The number of amides is 1. The van der Waals surface area contributed by atoms with E-state index < -0.39 is 34.5 Å². The highest BCUT2D eigenvalue weighted by Crippen LogP contribution is 2.39. The lowest BCUT2D eigenvalue weighted by Crippen LogP contribution is -2.45. The fourth-order valence-corrected chi connectivity index (χ4v) is 5.27. The molecule has 0 bridgehead atoms. The van der Waals surface area contributed by atoms with Crippen LogP contribution in [0.4, 0.5) is 15.8 Å². The maximum absolute atomic E-state index is 14.1. The molecule has 11 heteroatoms. The van der Waals surface area contributed by atoms with Gasteiger partial charge in [-0.05, 0) is 48.5 Å². The van der Waals surface area contributed by atoms with Crippen LogP contribution in [0, 0.1) is 17.1 Å². The first kappa shape index (κ1) is 23.5. The number of aliphatic hydroxyl groups excluding tert-OH is 1. The molecule has 0 unspecified atom stereocenters. The average Bonchev–Trinajstić information content (AvgIpc) is 2.83. The van der Waals surface area contributed by atoms with E-state index in [-0.39, 0.29) is 44.7 Å². The third-order valence-corrected chi connectivity index (χ3v) is 7.18. The number of aliphatic hydroxyl groups is 1. The molecule has 0 saturated heterocycles. The molecule has 0 spiro atoms. The first-order valence-corrected chi connectivity index (χ1v) is 11.8. The quantitative estimate of drug-likeness (QED) is 0.551. The van der Waals surface area contributed by atoms with Gasteiger partial charge in [-0.25, -0.2) is 12.8 Å². The predicted molar refractivity (Wildman–Crippen MR) is 123 cm³/mol. The van der Waals surface area contributed by atoms with Crippen molar-refractivity contribution in [3.8, 4) is 11.8 Å². The van der Waals surface area contributed by atoms with Gasteiger partial charge < -0.3 is 15.2 Å². The molecule has 0 radical (unpaired) electrons. The zero-order valence-electron chi connectivity index (χ0n) is 17.4. The van der Waals surface area contributed by atoms with E-state index in [0.717, 1.165) is 10.4 Å². The second kappa shape index (κ2) is 9.30. The van der Waals surface area contributed by atoms with Crippen molar-refractivity contribution in [3.05, 3.63) is 82.6 Å². The molecule has 174 valence electrons. The molecule has 1 aliphatic rings. The van der Waals surface area contributed by atoms with Crippen LogP contribution >= 0.6 is 11.6 Å². The standard InChI is InChI=1S/C23H17ClFN3O5S/c24-18-5-2-6-19(25)22(18)23(30)27-15-7-8-21-20(10-15)28(12-16(13-29)33-21)34(31,32)17-4-1-3-14(9-17)11-26/h1-10,16,29H,12-13H2,(H,27,30)/t16-/m0/s1. The van der Waals surface area contributed by atoms with E-state index in [0.29, 0.717) is 0 Å². The van der Waals surface area contributed by atoms with Gasteiger partial charge in [-0.3, -0.25) is 9.10 Å². The number of fused-ring (bicyclic) bond motifs is 1. The number of hydrogen-bond acceptors (Lipinski definition) is 6. The molecule has 0 saturated carbocycles. The summed E-state index contributed by atoms with van der Waals surface area (Å²) in [5.41, 5.74) is 0.0805. The van der Waals surface area contributed by atoms with Crippen LogP contribution in [0.2, 0.25) is 5.02 Å². The van der Waals surface area contributed by atoms with Gasteiger partial charge in [-0.15, -0.1) is 0 Å². The number of nitriles is 1. The summed E-state index contributed by atoms with van der Waals surface area (Å²) in [5.74, 6) is -1.46. The van der Waals surface area contributed by atoms with Gasteiger partial charge in [0.2, 0.25) is 0 Å². The minimum atomic E-state index is -4.16. The Morgan fingerprint density at radius 2 is 2.00 bits per heavy atom. The van der Waals surface area contributed by atoms with E-state index in [1.165, 1.54) is 54.6 Å². The molecular formula is C23H17ClFN3O5S. The Bertz CT molecular complexity index is 1400. The lowest BCUT2D eigenvalue weighted by Gasteiger charge is -2.35. The minimum absolute atomic E-state index is 0.0776. The molecule has 1 amide bonds. The van der Waals surface area contributed by atoms with Crippen molar-refractivity contribution in [2.24, 2.45) is 0 Å². The first-order chi connectivity index (χ1) is 16.2. The van der Waals surface area contributed by atoms with Crippen LogP contribution in [0.1, 0.15) is 15.9 Å². The van der Waals surface area contributed by atoms with Crippen molar-refractivity contribution in [2.45, 2.75) is 11.0 Å². The Hall–Kier alpha value is -3.65. The molecule has 8 nitrogen and oxygen atoms in total. The summed E-state index contributed by atoms with van der Waals surface area (Å²) in [6, 6.07) is 15.5. The predicted octanol–water partition coefficient (Wildman–Crippen LogP) is 3.55. The van der Waals surface area contributed by atoms with Crippen LogP contribution in [0.5, 0.6) is 5.75 Å². The van der Waals surface area contributed by atoms with Crippen molar-refractivity contribution in [1.29, 1.82) is 5.26 Å². The summed E-state index contributed by atoms with van der Waals surface area (Å²) >= 11 is 5.96. The van der Waals surface area contributed by atoms with Crippen molar-refractivity contribution in [3.63, 3.8) is 0 Å². The number of ether oxygens (including phenoxy) is 1. The summed E-state index contributed by atoms with van der Waals surface area (Å²) < 4.78 is 47.7. The largest absolute Gasteiger partial charge is 0.484 e. The average molecular weight is 502 g/mol. The summed E-state index contributed by atoms with van der Waals surface area (Å²) in [4.78, 5) is 12.5. The maximum atomic E-state index is 14.1. The molecule has 0 fully saturated rings. The number of sulfonamides is 1. The molecule has 1 aliphatic heterocycles. The Kier molecular flexibility index (Phi) is 6.43. The van der Waals surface area contributed by atoms with Crippen molar-refractivity contribution in [2.75, 3.05) is 22.8 Å². The Morgan fingerprint density at radius 1 is 1.24 bits per heavy atom. The Morgan fingerprint density at radius 3 is 2.71 bits per heavy atom. The van der Waals surface area contributed by atoms with Gasteiger partial charge >= 0.3 is 0 Å². The van der Waals surface area contributed by atoms with E-state index in [2.05, 4.69) is 5.32 Å². The summed E-state index contributed by atoms with van der Waals surface area (Å²) in [6.45, 7) is -0.646. The van der Waals surface area contributed by atoms with Crippen molar-refractivity contribution < 1.29 is 27.4 Å². The number of hydrogen-bond donors (Lipinski definition) is 2.